The molecule has 78 valence electrons. The fraction of sp³-hybridized carbons (Fsp3) is 0.900. The number of rotatable bonds is 6. The Morgan fingerprint density at radius 1 is 1.38 bits per heavy atom. The Bertz CT molecular complexity index is 157. The normalized spacial score (nSPS) is 15.8. The Balaban J connectivity index is 3.82. The molecule has 0 saturated carbocycles. The van der Waals surface area contributed by atoms with Crippen LogP contribution in [0.15, 0.2) is 0 Å². The maximum absolute atomic E-state index is 11.4. The van der Waals surface area contributed by atoms with Gasteiger partial charge in [0.1, 0.15) is 6.61 Å². The van der Waals surface area contributed by atoms with Crippen molar-refractivity contribution in [2.75, 3.05) is 6.61 Å². The standard InChI is InChI=1S/C10H21NO2/c1-5-8(4)10(11)9(12)6-13-7(2)3/h7-8,10H,5-6,11H2,1-4H3. The molecule has 0 rings (SSSR count). The number of hydrogen-bond donors (Lipinski definition) is 1. The third kappa shape index (κ3) is 5.01. The van der Waals surface area contributed by atoms with Crippen molar-refractivity contribution in [3.8, 4) is 0 Å². The minimum absolute atomic E-state index is 0.00282. The van der Waals surface area contributed by atoms with Crippen molar-refractivity contribution in [3.63, 3.8) is 0 Å². The Kier molecular flexibility index (Phi) is 5.91. The van der Waals surface area contributed by atoms with E-state index in [0.717, 1.165) is 6.42 Å². The summed E-state index contributed by atoms with van der Waals surface area (Å²) in [5.74, 6) is 0.242. The summed E-state index contributed by atoms with van der Waals surface area (Å²) >= 11 is 0. The number of hydrogen-bond acceptors (Lipinski definition) is 3. The summed E-state index contributed by atoms with van der Waals surface area (Å²) in [6, 6.07) is -0.372. The monoisotopic (exact) mass is 187 g/mol. The molecule has 0 aromatic heterocycles. The number of carbonyl (C=O) groups is 1. The molecular weight excluding hydrogens is 166 g/mol. The summed E-state index contributed by atoms with van der Waals surface area (Å²) in [7, 11) is 0. The van der Waals surface area contributed by atoms with Gasteiger partial charge in [0, 0.05) is 0 Å². The zero-order chi connectivity index (χ0) is 10.4. The predicted octanol–water partition coefficient (Wildman–Crippen LogP) is 1.35. The Hall–Kier alpha value is -0.410. The van der Waals surface area contributed by atoms with E-state index in [4.69, 9.17) is 10.5 Å². The van der Waals surface area contributed by atoms with Crippen molar-refractivity contribution in [1.82, 2.24) is 0 Å². The summed E-state index contributed by atoms with van der Waals surface area (Å²) in [5, 5.41) is 0. The van der Waals surface area contributed by atoms with Crippen LogP contribution in [0.5, 0.6) is 0 Å². The fourth-order valence-corrected chi connectivity index (χ4v) is 0.916. The zero-order valence-corrected chi connectivity index (χ0v) is 9.04. The molecule has 0 radical (unpaired) electrons. The van der Waals surface area contributed by atoms with Gasteiger partial charge in [-0.25, -0.2) is 0 Å². The minimum Gasteiger partial charge on any atom is -0.371 e. The minimum atomic E-state index is -0.372. The van der Waals surface area contributed by atoms with Gasteiger partial charge in [-0.05, 0) is 19.8 Å². The van der Waals surface area contributed by atoms with Crippen molar-refractivity contribution < 1.29 is 9.53 Å². The first-order chi connectivity index (χ1) is 5.99. The Labute approximate surface area is 80.6 Å². The Morgan fingerprint density at radius 3 is 2.31 bits per heavy atom. The molecule has 13 heavy (non-hydrogen) atoms. The lowest BCUT2D eigenvalue weighted by Gasteiger charge is -2.17. The van der Waals surface area contributed by atoms with Gasteiger partial charge in [-0.3, -0.25) is 4.79 Å². The quantitative estimate of drug-likeness (QED) is 0.683. The molecule has 0 spiro atoms. The van der Waals surface area contributed by atoms with Gasteiger partial charge in [0.05, 0.1) is 12.1 Å². The van der Waals surface area contributed by atoms with Crippen LogP contribution in [0.2, 0.25) is 0 Å². The van der Waals surface area contributed by atoms with E-state index in [2.05, 4.69) is 0 Å². The van der Waals surface area contributed by atoms with Crippen LogP contribution in [0, 0.1) is 5.92 Å². The molecule has 2 N–H and O–H groups in total. The molecule has 0 aromatic rings. The van der Waals surface area contributed by atoms with Crippen LogP contribution in [-0.4, -0.2) is 24.5 Å². The van der Waals surface area contributed by atoms with Gasteiger partial charge in [-0.15, -0.1) is 0 Å². The molecule has 0 aliphatic carbocycles. The predicted molar refractivity (Wildman–Crippen MR) is 53.5 cm³/mol. The van der Waals surface area contributed by atoms with Crippen molar-refractivity contribution >= 4 is 5.78 Å². The largest absolute Gasteiger partial charge is 0.371 e. The number of ether oxygens (including phenoxy) is 1. The summed E-state index contributed by atoms with van der Waals surface area (Å²) in [5.41, 5.74) is 5.73. The summed E-state index contributed by atoms with van der Waals surface area (Å²) in [6.45, 7) is 7.96. The van der Waals surface area contributed by atoms with E-state index in [1.54, 1.807) is 0 Å². The first-order valence-corrected chi connectivity index (χ1v) is 4.88. The van der Waals surface area contributed by atoms with Gasteiger partial charge in [0.15, 0.2) is 5.78 Å². The molecule has 0 heterocycles. The average Bonchev–Trinajstić information content (AvgIpc) is 2.11. The second-order valence-corrected chi connectivity index (χ2v) is 3.74. The van der Waals surface area contributed by atoms with E-state index >= 15 is 0 Å². The van der Waals surface area contributed by atoms with Crippen LogP contribution >= 0.6 is 0 Å². The van der Waals surface area contributed by atoms with Crippen molar-refractivity contribution in [2.45, 2.75) is 46.3 Å². The van der Waals surface area contributed by atoms with Crippen molar-refractivity contribution in [1.29, 1.82) is 0 Å². The molecule has 0 aromatic carbocycles. The van der Waals surface area contributed by atoms with Crippen LogP contribution in [0.1, 0.15) is 34.1 Å². The van der Waals surface area contributed by atoms with Gasteiger partial charge < -0.3 is 10.5 Å². The number of Topliss-reactive ketones (excluding diaryl/α,β-unsaturated/α-hetero) is 1. The second kappa shape index (κ2) is 6.11. The lowest BCUT2D eigenvalue weighted by Crippen LogP contribution is -2.39. The van der Waals surface area contributed by atoms with Crippen LogP contribution in [0.4, 0.5) is 0 Å². The van der Waals surface area contributed by atoms with E-state index in [1.807, 2.05) is 27.7 Å². The van der Waals surface area contributed by atoms with Gasteiger partial charge in [-0.2, -0.15) is 0 Å². The molecule has 0 saturated heterocycles. The maximum atomic E-state index is 11.4. The smallest absolute Gasteiger partial charge is 0.175 e. The third-order valence-electron chi connectivity index (χ3n) is 2.19. The van der Waals surface area contributed by atoms with Gasteiger partial charge in [0.2, 0.25) is 0 Å². The highest BCUT2D eigenvalue weighted by molar-refractivity contribution is 5.85. The zero-order valence-electron chi connectivity index (χ0n) is 9.04. The molecule has 3 heteroatoms. The number of nitrogens with two attached hydrogens (primary N) is 1. The highest BCUT2D eigenvalue weighted by Gasteiger charge is 2.19. The lowest BCUT2D eigenvalue weighted by atomic mass is 9.97. The fourth-order valence-electron chi connectivity index (χ4n) is 0.916. The lowest BCUT2D eigenvalue weighted by molar-refractivity contribution is -0.127. The highest BCUT2D eigenvalue weighted by atomic mass is 16.5. The average molecular weight is 187 g/mol. The molecular formula is C10H21NO2. The van der Waals surface area contributed by atoms with Gasteiger partial charge in [0.25, 0.3) is 0 Å². The first kappa shape index (κ1) is 12.6. The van der Waals surface area contributed by atoms with Crippen molar-refractivity contribution in [2.24, 2.45) is 11.7 Å². The van der Waals surface area contributed by atoms with Crippen molar-refractivity contribution in [3.05, 3.63) is 0 Å². The first-order valence-electron chi connectivity index (χ1n) is 4.88. The van der Waals surface area contributed by atoms with E-state index in [-0.39, 0.29) is 30.5 Å². The van der Waals surface area contributed by atoms with Gasteiger partial charge in [-0.1, -0.05) is 20.3 Å². The van der Waals surface area contributed by atoms with Crippen LogP contribution < -0.4 is 5.73 Å². The van der Waals surface area contributed by atoms with E-state index < -0.39 is 0 Å². The molecule has 0 aliphatic heterocycles. The van der Waals surface area contributed by atoms with Gasteiger partial charge >= 0.3 is 0 Å². The SMILES string of the molecule is CCC(C)C(N)C(=O)COC(C)C. The molecule has 0 amide bonds. The molecule has 0 aliphatic rings. The number of carbonyl (C=O) groups excluding carboxylic acids is 1. The van der Waals surface area contributed by atoms with E-state index in [1.165, 1.54) is 0 Å². The molecule has 3 nitrogen and oxygen atoms in total. The second-order valence-electron chi connectivity index (χ2n) is 3.74. The molecule has 2 unspecified atom stereocenters. The number of ketones is 1. The topological polar surface area (TPSA) is 52.3 Å². The van der Waals surface area contributed by atoms with E-state index in [9.17, 15) is 4.79 Å². The third-order valence-corrected chi connectivity index (χ3v) is 2.19. The molecule has 2 atom stereocenters. The van der Waals surface area contributed by atoms with Crippen LogP contribution in [0.25, 0.3) is 0 Å². The van der Waals surface area contributed by atoms with E-state index in [0.29, 0.717) is 0 Å². The maximum Gasteiger partial charge on any atom is 0.175 e. The summed E-state index contributed by atoms with van der Waals surface area (Å²) in [6.07, 6.45) is 1.02. The molecule has 0 bridgehead atoms. The Morgan fingerprint density at radius 2 is 1.92 bits per heavy atom. The highest BCUT2D eigenvalue weighted by Crippen LogP contribution is 2.06. The summed E-state index contributed by atoms with van der Waals surface area (Å²) < 4.78 is 5.19. The summed E-state index contributed by atoms with van der Waals surface area (Å²) in [4.78, 5) is 11.4. The van der Waals surface area contributed by atoms with Crippen LogP contribution in [-0.2, 0) is 9.53 Å². The van der Waals surface area contributed by atoms with Crippen LogP contribution in [0.3, 0.4) is 0 Å². The molecule has 0 fully saturated rings.